The SMILES string of the molecule is CCCCCC(NC(=O)OC(C)(C)C)C(=O)NC(Cc1cn(C(=O)OC(C)(C)C)cn1)C(=O)NC(CCCCC)C(=O)OC. The van der Waals surface area contributed by atoms with Gasteiger partial charge in [-0.1, -0.05) is 52.4 Å². The van der Waals surface area contributed by atoms with Crippen molar-refractivity contribution in [3.05, 3.63) is 18.2 Å². The van der Waals surface area contributed by atoms with Gasteiger partial charge in [0.15, 0.2) is 0 Å². The molecule has 0 aliphatic rings. The highest BCUT2D eigenvalue weighted by Gasteiger charge is 2.31. The number of nitrogens with one attached hydrogen (secondary N) is 3. The van der Waals surface area contributed by atoms with Gasteiger partial charge in [-0.25, -0.2) is 23.9 Å². The first kappa shape index (κ1) is 38.4. The van der Waals surface area contributed by atoms with E-state index in [1.165, 1.54) is 19.6 Å². The zero-order chi connectivity index (χ0) is 33.5. The number of esters is 1. The fraction of sp³-hybridized carbons (Fsp3) is 0.742. The molecular formula is C31H53N5O8. The maximum atomic E-state index is 13.6. The van der Waals surface area contributed by atoms with Gasteiger partial charge < -0.3 is 30.2 Å². The Bertz CT molecular complexity index is 1090. The van der Waals surface area contributed by atoms with Crippen LogP contribution in [0.5, 0.6) is 0 Å². The summed E-state index contributed by atoms with van der Waals surface area (Å²) in [5.41, 5.74) is -1.18. The first-order chi connectivity index (χ1) is 20.5. The lowest BCUT2D eigenvalue weighted by molar-refractivity contribution is -0.145. The van der Waals surface area contributed by atoms with Gasteiger partial charge in [0.2, 0.25) is 11.8 Å². The largest absolute Gasteiger partial charge is 0.467 e. The summed E-state index contributed by atoms with van der Waals surface area (Å²) in [6.45, 7) is 14.4. The van der Waals surface area contributed by atoms with Crippen molar-refractivity contribution in [3.8, 4) is 0 Å². The Morgan fingerprint density at radius 3 is 1.82 bits per heavy atom. The molecule has 1 heterocycles. The molecule has 0 aliphatic heterocycles. The number of unbranched alkanes of at least 4 members (excludes halogenated alkanes) is 4. The van der Waals surface area contributed by atoms with E-state index < -0.39 is 59.3 Å². The van der Waals surface area contributed by atoms with Crippen molar-refractivity contribution < 1.29 is 38.2 Å². The van der Waals surface area contributed by atoms with Crippen LogP contribution in [0, 0.1) is 0 Å². The molecular weight excluding hydrogens is 570 g/mol. The Labute approximate surface area is 261 Å². The normalized spacial score (nSPS) is 13.7. The van der Waals surface area contributed by atoms with Crippen molar-refractivity contribution in [2.24, 2.45) is 0 Å². The van der Waals surface area contributed by atoms with E-state index in [1.807, 2.05) is 13.8 Å². The predicted octanol–water partition coefficient (Wildman–Crippen LogP) is 4.41. The van der Waals surface area contributed by atoms with Crippen LogP contribution in [-0.2, 0) is 35.0 Å². The lowest BCUT2D eigenvalue weighted by Gasteiger charge is -2.26. The highest BCUT2D eigenvalue weighted by Crippen LogP contribution is 2.13. The molecule has 0 saturated heterocycles. The summed E-state index contributed by atoms with van der Waals surface area (Å²) < 4.78 is 16.8. The topological polar surface area (TPSA) is 167 Å². The van der Waals surface area contributed by atoms with Crippen molar-refractivity contribution in [3.63, 3.8) is 0 Å². The summed E-state index contributed by atoms with van der Waals surface area (Å²) in [5, 5.41) is 8.06. The van der Waals surface area contributed by atoms with Gasteiger partial charge in [-0.15, -0.1) is 0 Å². The summed E-state index contributed by atoms with van der Waals surface area (Å²) in [6.07, 6.45) is 6.71. The van der Waals surface area contributed by atoms with Gasteiger partial charge in [0.1, 0.15) is 35.7 Å². The molecule has 44 heavy (non-hydrogen) atoms. The van der Waals surface area contributed by atoms with E-state index in [1.54, 1.807) is 41.5 Å². The van der Waals surface area contributed by atoms with Crippen LogP contribution in [0.2, 0.25) is 0 Å². The van der Waals surface area contributed by atoms with Gasteiger partial charge in [-0.05, 0) is 54.4 Å². The minimum atomic E-state index is -1.20. The molecule has 3 atom stereocenters. The molecule has 3 N–H and O–H groups in total. The van der Waals surface area contributed by atoms with Crippen molar-refractivity contribution in [2.45, 2.75) is 143 Å². The first-order valence-electron chi connectivity index (χ1n) is 15.4. The van der Waals surface area contributed by atoms with Crippen LogP contribution in [0.4, 0.5) is 9.59 Å². The Morgan fingerprint density at radius 2 is 1.30 bits per heavy atom. The summed E-state index contributed by atoms with van der Waals surface area (Å²) in [4.78, 5) is 68.9. The number of rotatable bonds is 16. The number of amides is 3. The van der Waals surface area contributed by atoms with Gasteiger partial charge in [0, 0.05) is 12.6 Å². The Balaban J connectivity index is 3.28. The van der Waals surface area contributed by atoms with Crippen LogP contribution < -0.4 is 16.0 Å². The first-order valence-corrected chi connectivity index (χ1v) is 15.4. The second kappa shape index (κ2) is 18.2. The molecule has 1 aromatic rings. The third-order valence-electron chi connectivity index (χ3n) is 6.29. The number of hydrogen-bond donors (Lipinski definition) is 3. The van der Waals surface area contributed by atoms with Crippen LogP contribution in [0.25, 0.3) is 0 Å². The van der Waals surface area contributed by atoms with E-state index >= 15 is 0 Å². The molecule has 0 bridgehead atoms. The van der Waals surface area contributed by atoms with E-state index in [0.717, 1.165) is 30.3 Å². The summed E-state index contributed by atoms with van der Waals surface area (Å²) in [7, 11) is 1.24. The summed E-state index contributed by atoms with van der Waals surface area (Å²) in [6, 6.07) is -3.10. The molecule has 13 heteroatoms. The summed E-state index contributed by atoms with van der Waals surface area (Å²) in [5.74, 6) is -1.83. The molecule has 13 nitrogen and oxygen atoms in total. The van der Waals surface area contributed by atoms with E-state index in [9.17, 15) is 24.0 Å². The number of alkyl carbamates (subject to hydrolysis) is 1. The number of methoxy groups -OCH3 is 1. The predicted molar refractivity (Wildman–Crippen MR) is 165 cm³/mol. The Kier molecular flexibility index (Phi) is 15.9. The van der Waals surface area contributed by atoms with Crippen LogP contribution in [0.1, 0.15) is 112 Å². The van der Waals surface area contributed by atoms with Crippen molar-refractivity contribution in [1.29, 1.82) is 0 Å². The lowest BCUT2D eigenvalue weighted by Crippen LogP contribution is -2.56. The molecule has 1 aromatic heterocycles. The zero-order valence-electron chi connectivity index (χ0n) is 27.9. The van der Waals surface area contributed by atoms with Crippen LogP contribution in [0.3, 0.4) is 0 Å². The second-order valence-corrected chi connectivity index (χ2v) is 12.8. The highest BCUT2D eigenvalue weighted by molar-refractivity contribution is 5.93. The minimum absolute atomic E-state index is 0.107. The quantitative estimate of drug-likeness (QED) is 0.137. The van der Waals surface area contributed by atoms with Gasteiger partial charge in [-0.2, -0.15) is 0 Å². The van der Waals surface area contributed by atoms with Crippen LogP contribution in [-0.4, -0.2) is 76.0 Å². The van der Waals surface area contributed by atoms with Crippen molar-refractivity contribution >= 4 is 30.0 Å². The van der Waals surface area contributed by atoms with Crippen LogP contribution >= 0.6 is 0 Å². The molecule has 0 saturated carbocycles. The molecule has 0 aliphatic carbocycles. The van der Waals surface area contributed by atoms with Crippen molar-refractivity contribution in [2.75, 3.05) is 7.11 Å². The molecule has 250 valence electrons. The third-order valence-corrected chi connectivity index (χ3v) is 6.29. The third kappa shape index (κ3) is 15.2. The number of ether oxygens (including phenoxy) is 3. The van der Waals surface area contributed by atoms with E-state index in [0.29, 0.717) is 31.4 Å². The Morgan fingerprint density at radius 1 is 0.773 bits per heavy atom. The molecule has 0 radical (unpaired) electrons. The van der Waals surface area contributed by atoms with E-state index in [-0.39, 0.29) is 6.42 Å². The number of carbonyl (C=O) groups excluding carboxylic acids is 5. The van der Waals surface area contributed by atoms with Gasteiger partial charge in [0.25, 0.3) is 0 Å². The smallest absolute Gasteiger partial charge is 0.419 e. The standard InChI is InChI=1S/C31H53N5O8/c1-10-12-14-16-22(35-28(40)43-30(3,4)5)25(37)34-24(26(38)33-23(27(39)42-9)17-15-13-11-2)18-21-19-36(20-32-21)29(41)44-31(6,7)8/h19-20,22-24H,10-18H2,1-9H3,(H,33,38)(H,34,37)(H,35,40). The zero-order valence-corrected chi connectivity index (χ0v) is 27.9. The van der Waals surface area contributed by atoms with Crippen LogP contribution in [0.15, 0.2) is 12.5 Å². The number of aromatic nitrogens is 2. The van der Waals surface area contributed by atoms with Gasteiger partial charge in [0.05, 0.1) is 12.8 Å². The average Bonchev–Trinajstić information content (AvgIpc) is 3.38. The fourth-order valence-electron chi connectivity index (χ4n) is 4.15. The number of imidazole rings is 1. The maximum absolute atomic E-state index is 13.6. The molecule has 1 rings (SSSR count). The van der Waals surface area contributed by atoms with Gasteiger partial charge in [-0.3, -0.25) is 9.59 Å². The van der Waals surface area contributed by atoms with Crippen molar-refractivity contribution in [1.82, 2.24) is 25.5 Å². The molecule has 0 aromatic carbocycles. The minimum Gasteiger partial charge on any atom is -0.467 e. The maximum Gasteiger partial charge on any atom is 0.419 e. The number of nitrogens with zero attached hydrogens (tertiary/aromatic N) is 2. The molecule has 3 amide bonds. The second-order valence-electron chi connectivity index (χ2n) is 12.8. The molecule has 3 unspecified atom stereocenters. The average molecular weight is 624 g/mol. The highest BCUT2D eigenvalue weighted by atomic mass is 16.6. The molecule has 0 spiro atoms. The number of hydrogen-bond acceptors (Lipinski definition) is 9. The van der Waals surface area contributed by atoms with E-state index in [4.69, 9.17) is 14.2 Å². The Hall–Kier alpha value is -3.64. The lowest BCUT2D eigenvalue weighted by atomic mass is 10.0. The monoisotopic (exact) mass is 623 g/mol. The number of carbonyl (C=O) groups is 5. The fourth-order valence-corrected chi connectivity index (χ4v) is 4.15. The van der Waals surface area contributed by atoms with E-state index in [2.05, 4.69) is 20.9 Å². The van der Waals surface area contributed by atoms with Gasteiger partial charge >= 0.3 is 18.2 Å². The molecule has 0 fully saturated rings. The summed E-state index contributed by atoms with van der Waals surface area (Å²) >= 11 is 0.